The van der Waals surface area contributed by atoms with Gasteiger partial charge in [-0.1, -0.05) is 24.3 Å². The van der Waals surface area contributed by atoms with Crippen LogP contribution in [0.5, 0.6) is 0 Å². The van der Waals surface area contributed by atoms with E-state index in [0.29, 0.717) is 37.1 Å². The normalized spacial score (nSPS) is 15.8. The monoisotopic (exact) mass is 387 g/mol. The maximum absolute atomic E-state index is 13.4. The summed E-state index contributed by atoms with van der Waals surface area (Å²) in [5.74, 6) is -1.97. The predicted octanol–water partition coefficient (Wildman–Crippen LogP) is 3.63. The SMILES string of the molecule is C[C@@H](NC(=O)N1CCC(NC(=O)c2ccccc2)CC1)c1ccc(F)c(F)c1. The molecule has 28 heavy (non-hydrogen) atoms. The molecule has 0 unspecified atom stereocenters. The van der Waals surface area contributed by atoms with Gasteiger partial charge < -0.3 is 15.5 Å². The highest BCUT2D eigenvalue weighted by Crippen LogP contribution is 2.17. The molecule has 3 rings (SSSR count). The van der Waals surface area contributed by atoms with Crippen molar-refractivity contribution in [2.24, 2.45) is 0 Å². The van der Waals surface area contributed by atoms with Crippen molar-refractivity contribution in [1.29, 1.82) is 0 Å². The number of nitrogens with one attached hydrogen (secondary N) is 2. The summed E-state index contributed by atoms with van der Waals surface area (Å²) >= 11 is 0. The van der Waals surface area contributed by atoms with E-state index < -0.39 is 17.7 Å². The molecule has 7 heteroatoms. The summed E-state index contributed by atoms with van der Waals surface area (Å²) < 4.78 is 26.4. The molecule has 2 N–H and O–H groups in total. The Labute approximate surface area is 162 Å². The molecule has 3 amide bonds. The first kappa shape index (κ1) is 19.8. The van der Waals surface area contributed by atoms with E-state index in [1.807, 2.05) is 18.2 Å². The van der Waals surface area contributed by atoms with Crippen LogP contribution in [0.4, 0.5) is 13.6 Å². The average molecular weight is 387 g/mol. The van der Waals surface area contributed by atoms with Crippen LogP contribution in [0.25, 0.3) is 0 Å². The summed E-state index contributed by atoms with van der Waals surface area (Å²) in [7, 11) is 0. The average Bonchev–Trinajstić information content (AvgIpc) is 2.71. The fraction of sp³-hybridized carbons (Fsp3) is 0.333. The number of hydrogen-bond acceptors (Lipinski definition) is 2. The van der Waals surface area contributed by atoms with Crippen LogP contribution >= 0.6 is 0 Å². The Kier molecular flexibility index (Phi) is 6.23. The molecule has 1 atom stereocenters. The number of halogens is 2. The van der Waals surface area contributed by atoms with E-state index in [9.17, 15) is 18.4 Å². The number of hydrogen-bond donors (Lipinski definition) is 2. The predicted molar refractivity (Wildman–Crippen MR) is 102 cm³/mol. The molecule has 1 saturated heterocycles. The van der Waals surface area contributed by atoms with Gasteiger partial charge in [-0.25, -0.2) is 13.6 Å². The van der Waals surface area contributed by atoms with Gasteiger partial charge in [0.15, 0.2) is 11.6 Å². The zero-order valence-electron chi connectivity index (χ0n) is 15.6. The molecule has 0 saturated carbocycles. The second kappa shape index (κ2) is 8.82. The van der Waals surface area contributed by atoms with Crippen LogP contribution in [-0.2, 0) is 0 Å². The van der Waals surface area contributed by atoms with Crippen molar-refractivity contribution in [3.8, 4) is 0 Å². The molecule has 0 aliphatic carbocycles. The van der Waals surface area contributed by atoms with E-state index in [2.05, 4.69) is 10.6 Å². The second-order valence-corrected chi connectivity index (χ2v) is 6.95. The number of benzene rings is 2. The van der Waals surface area contributed by atoms with Crippen molar-refractivity contribution in [2.45, 2.75) is 31.8 Å². The van der Waals surface area contributed by atoms with E-state index in [0.717, 1.165) is 12.1 Å². The number of carbonyl (C=O) groups is 2. The van der Waals surface area contributed by atoms with Crippen LogP contribution in [-0.4, -0.2) is 36.0 Å². The minimum Gasteiger partial charge on any atom is -0.349 e. The van der Waals surface area contributed by atoms with E-state index >= 15 is 0 Å². The van der Waals surface area contributed by atoms with Crippen LogP contribution in [0.2, 0.25) is 0 Å². The smallest absolute Gasteiger partial charge is 0.317 e. The van der Waals surface area contributed by atoms with Crippen LogP contribution in [0.1, 0.15) is 41.7 Å². The van der Waals surface area contributed by atoms with Gasteiger partial charge in [0, 0.05) is 24.7 Å². The molecule has 0 bridgehead atoms. The Morgan fingerprint density at radius 2 is 1.71 bits per heavy atom. The van der Waals surface area contributed by atoms with Crippen LogP contribution in [0, 0.1) is 11.6 Å². The molecule has 0 spiro atoms. The van der Waals surface area contributed by atoms with Crippen molar-refractivity contribution < 1.29 is 18.4 Å². The Bertz CT molecular complexity index is 837. The van der Waals surface area contributed by atoms with Gasteiger partial charge in [0.25, 0.3) is 5.91 Å². The zero-order valence-corrected chi connectivity index (χ0v) is 15.6. The van der Waals surface area contributed by atoms with E-state index in [4.69, 9.17) is 0 Å². The molecule has 1 heterocycles. The lowest BCUT2D eigenvalue weighted by Crippen LogP contribution is -2.49. The standard InChI is InChI=1S/C21H23F2N3O2/c1-14(16-7-8-18(22)19(23)13-16)24-21(28)26-11-9-17(10-12-26)25-20(27)15-5-3-2-4-6-15/h2-8,13-14,17H,9-12H2,1H3,(H,24,28)(H,25,27)/t14-/m1/s1. The van der Waals surface area contributed by atoms with Gasteiger partial charge in [-0.2, -0.15) is 0 Å². The molecule has 1 aliphatic rings. The summed E-state index contributed by atoms with van der Waals surface area (Å²) in [6.45, 7) is 2.74. The van der Waals surface area contributed by atoms with Crippen molar-refractivity contribution in [3.63, 3.8) is 0 Å². The Balaban J connectivity index is 1.48. The van der Waals surface area contributed by atoms with Crippen molar-refractivity contribution >= 4 is 11.9 Å². The molecular formula is C21H23F2N3O2. The van der Waals surface area contributed by atoms with Gasteiger partial charge in [-0.05, 0) is 49.6 Å². The Morgan fingerprint density at radius 3 is 2.36 bits per heavy atom. The summed E-state index contributed by atoms with van der Waals surface area (Å²) in [5.41, 5.74) is 1.11. The van der Waals surface area contributed by atoms with Crippen molar-refractivity contribution in [2.75, 3.05) is 13.1 Å². The third-order valence-corrected chi connectivity index (χ3v) is 4.94. The highest BCUT2D eigenvalue weighted by Gasteiger charge is 2.25. The minimum absolute atomic E-state index is 0.0142. The van der Waals surface area contributed by atoms with E-state index in [1.165, 1.54) is 6.07 Å². The summed E-state index contributed by atoms with van der Waals surface area (Å²) in [6, 6.07) is 11.9. The first-order chi connectivity index (χ1) is 13.4. The molecule has 0 radical (unpaired) electrons. The molecule has 1 aliphatic heterocycles. The number of urea groups is 1. The Morgan fingerprint density at radius 1 is 1.04 bits per heavy atom. The minimum atomic E-state index is -0.937. The fourth-order valence-electron chi connectivity index (χ4n) is 3.23. The first-order valence-corrected chi connectivity index (χ1v) is 9.30. The third-order valence-electron chi connectivity index (χ3n) is 4.94. The van der Waals surface area contributed by atoms with E-state index in [-0.39, 0.29) is 18.0 Å². The molecular weight excluding hydrogens is 364 g/mol. The van der Waals surface area contributed by atoms with Crippen LogP contribution in [0.15, 0.2) is 48.5 Å². The van der Waals surface area contributed by atoms with Crippen molar-refractivity contribution in [3.05, 3.63) is 71.3 Å². The first-order valence-electron chi connectivity index (χ1n) is 9.30. The summed E-state index contributed by atoms with van der Waals surface area (Å²) in [6.07, 6.45) is 1.32. The zero-order chi connectivity index (χ0) is 20.1. The van der Waals surface area contributed by atoms with Crippen LogP contribution < -0.4 is 10.6 Å². The summed E-state index contributed by atoms with van der Waals surface area (Å²) in [5, 5.41) is 5.80. The molecule has 148 valence electrons. The molecule has 1 fully saturated rings. The lowest BCUT2D eigenvalue weighted by molar-refractivity contribution is 0.0917. The maximum atomic E-state index is 13.4. The third kappa shape index (κ3) is 4.85. The largest absolute Gasteiger partial charge is 0.349 e. The van der Waals surface area contributed by atoms with Gasteiger partial charge in [0.1, 0.15) is 0 Å². The fourth-order valence-corrected chi connectivity index (χ4v) is 3.23. The second-order valence-electron chi connectivity index (χ2n) is 6.95. The number of nitrogens with zero attached hydrogens (tertiary/aromatic N) is 1. The number of amides is 3. The number of piperidine rings is 1. The highest BCUT2D eigenvalue weighted by molar-refractivity contribution is 5.94. The lowest BCUT2D eigenvalue weighted by atomic mass is 10.0. The van der Waals surface area contributed by atoms with Gasteiger partial charge >= 0.3 is 6.03 Å². The number of carbonyl (C=O) groups excluding carboxylic acids is 2. The van der Waals surface area contributed by atoms with Gasteiger partial charge in [0.05, 0.1) is 6.04 Å². The molecule has 2 aromatic rings. The lowest BCUT2D eigenvalue weighted by Gasteiger charge is -2.33. The molecule has 0 aromatic heterocycles. The summed E-state index contributed by atoms with van der Waals surface area (Å²) in [4.78, 5) is 26.3. The number of likely N-dealkylation sites (tertiary alicyclic amines) is 1. The quantitative estimate of drug-likeness (QED) is 0.842. The number of rotatable bonds is 4. The Hall–Kier alpha value is -2.96. The topological polar surface area (TPSA) is 61.4 Å². The van der Waals surface area contributed by atoms with E-state index in [1.54, 1.807) is 24.0 Å². The van der Waals surface area contributed by atoms with Crippen LogP contribution in [0.3, 0.4) is 0 Å². The van der Waals surface area contributed by atoms with Gasteiger partial charge in [-0.3, -0.25) is 4.79 Å². The van der Waals surface area contributed by atoms with Crippen molar-refractivity contribution in [1.82, 2.24) is 15.5 Å². The van der Waals surface area contributed by atoms with Gasteiger partial charge in [0.2, 0.25) is 0 Å². The van der Waals surface area contributed by atoms with Gasteiger partial charge in [-0.15, -0.1) is 0 Å². The maximum Gasteiger partial charge on any atom is 0.317 e. The molecule has 2 aromatic carbocycles. The highest BCUT2D eigenvalue weighted by atomic mass is 19.2. The molecule has 5 nitrogen and oxygen atoms in total.